The van der Waals surface area contributed by atoms with E-state index in [1.54, 1.807) is 30.1 Å². The van der Waals surface area contributed by atoms with Gasteiger partial charge >= 0.3 is 5.97 Å². The van der Waals surface area contributed by atoms with Crippen LogP contribution in [-0.2, 0) is 0 Å². The second-order valence-electron chi connectivity index (χ2n) is 4.86. The summed E-state index contributed by atoms with van der Waals surface area (Å²) in [7, 11) is 0. The smallest absolute Gasteiger partial charge is 0.335 e. The summed E-state index contributed by atoms with van der Waals surface area (Å²) in [5.74, 6) is 0.00843. The maximum absolute atomic E-state index is 10.9. The molecule has 1 heterocycles. The monoisotopic (exact) mass is 265 g/mol. The van der Waals surface area contributed by atoms with Crippen LogP contribution in [-0.4, -0.2) is 21.3 Å². The van der Waals surface area contributed by atoms with E-state index in [1.165, 1.54) is 32.1 Å². The van der Waals surface area contributed by atoms with Crippen LogP contribution in [0.4, 0.5) is 0 Å². The summed E-state index contributed by atoms with van der Waals surface area (Å²) in [6.07, 6.45) is 7.91. The van der Waals surface area contributed by atoms with Crippen molar-refractivity contribution in [2.24, 2.45) is 5.92 Å². The lowest BCUT2D eigenvalue weighted by atomic mass is 9.87. The zero-order valence-electron chi connectivity index (χ0n) is 10.6. The van der Waals surface area contributed by atoms with E-state index in [9.17, 15) is 4.79 Å². The van der Waals surface area contributed by atoms with Gasteiger partial charge < -0.3 is 5.11 Å². The summed E-state index contributed by atoms with van der Waals surface area (Å²) in [4.78, 5) is 15.1. The molecule has 0 bridgehead atoms. The number of aromatic nitrogens is 1. The van der Waals surface area contributed by atoms with Gasteiger partial charge in [0.15, 0.2) is 0 Å². The standard InChI is InChI=1S/C14H19NO2S/c1-2-10-3-5-12(6-4-10)18-13-9-11(14(16)17)7-8-15-13/h7-10,12H,2-6H2,1H3,(H,16,17). The average Bonchev–Trinajstić information content (AvgIpc) is 2.40. The Morgan fingerprint density at radius 1 is 1.44 bits per heavy atom. The number of carboxylic acid groups (broad SMARTS) is 1. The van der Waals surface area contributed by atoms with Crippen LogP contribution >= 0.6 is 11.8 Å². The quantitative estimate of drug-likeness (QED) is 0.898. The van der Waals surface area contributed by atoms with Gasteiger partial charge in [0.25, 0.3) is 0 Å². The Kier molecular flexibility index (Phi) is 4.64. The molecule has 2 rings (SSSR count). The van der Waals surface area contributed by atoms with Gasteiger partial charge in [-0.2, -0.15) is 0 Å². The molecule has 1 aromatic rings. The van der Waals surface area contributed by atoms with Crippen LogP contribution < -0.4 is 0 Å². The van der Waals surface area contributed by atoms with Crippen molar-refractivity contribution in [3.05, 3.63) is 23.9 Å². The van der Waals surface area contributed by atoms with E-state index >= 15 is 0 Å². The fourth-order valence-electron chi connectivity index (χ4n) is 2.44. The van der Waals surface area contributed by atoms with E-state index in [0.717, 1.165) is 10.9 Å². The van der Waals surface area contributed by atoms with Gasteiger partial charge in [-0.3, -0.25) is 0 Å². The molecule has 1 aliphatic carbocycles. The molecule has 1 aromatic heterocycles. The van der Waals surface area contributed by atoms with Crippen LogP contribution in [0.5, 0.6) is 0 Å². The molecule has 1 aliphatic rings. The summed E-state index contributed by atoms with van der Waals surface area (Å²) in [5.41, 5.74) is 0.328. The molecule has 0 aromatic carbocycles. The molecule has 0 amide bonds. The Morgan fingerprint density at radius 3 is 2.78 bits per heavy atom. The van der Waals surface area contributed by atoms with Crippen molar-refractivity contribution < 1.29 is 9.90 Å². The average molecular weight is 265 g/mol. The van der Waals surface area contributed by atoms with Crippen LogP contribution in [0.1, 0.15) is 49.4 Å². The van der Waals surface area contributed by atoms with Crippen molar-refractivity contribution in [1.29, 1.82) is 0 Å². The molecule has 0 atom stereocenters. The first-order valence-corrected chi connectivity index (χ1v) is 7.43. The molecule has 0 unspecified atom stereocenters. The highest BCUT2D eigenvalue weighted by Gasteiger charge is 2.21. The predicted molar refractivity (Wildman–Crippen MR) is 73.1 cm³/mol. The lowest BCUT2D eigenvalue weighted by Crippen LogP contribution is -2.15. The fraction of sp³-hybridized carbons (Fsp3) is 0.571. The summed E-state index contributed by atoms with van der Waals surface area (Å²) < 4.78 is 0. The van der Waals surface area contributed by atoms with E-state index in [4.69, 9.17) is 5.11 Å². The Hall–Kier alpha value is -1.03. The Balaban J connectivity index is 1.94. The number of hydrogen-bond acceptors (Lipinski definition) is 3. The minimum atomic E-state index is -0.881. The molecular formula is C14H19NO2S. The summed E-state index contributed by atoms with van der Waals surface area (Å²) in [6.45, 7) is 2.26. The number of rotatable bonds is 4. The fourth-order valence-corrected chi connectivity index (χ4v) is 3.60. The molecular weight excluding hydrogens is 246 g/mol. The first kappa shape index (κ1) is 13.4. The molecule has 0 saturated heterocycles. The highest BCUT2D eigenvalue weighted by molar-refractivity contribution is 7.99. The van der Waals surface area contributed by atoms with E-state index in [-0.39, 0.29) is 0 Å². The normalized spacial score (nSPS) is 23.8. The molecule has 1 saturated carbocycles. The van der Waals surface area contributed by atoms with Crippen molar-refractivity contribution in [2.45, 2.75) is 49.3 Å². The highest BCUT2D eigenvalue weighted by atomic mass is 32.2. The number of hydrogen-bond donors (Lipinski definition) is 1. The van der Waals surface area contributed by atoms with E-state index in [0.29, 0.717) is 10.8 Å². The first-order chi connectivity index (χ1) is 8.69. The zero-order valence-corrected chi connectivity index (χ0v) is 11.4. The molecule has 18 heavy (non-hydrogen) atoms. The SMILES string of the molecule is CCC1CCC(Sc2cc(C(=O)O)ccn2)CC1. The van der Waals surface area contributed by atoms with Gasteiger partial charge in [0.1, 0.15) is 0 Å². The van der Waals surface area contributed by atoms with Crippen molar-refractivity contribution in [1.82, 2.24) is 4.98 Å². The lowest BCUT2D eigenvalue weighted by Gasteiger charge is -2.26. The Bertz CT molecular complexity index is 414. The molecule has 3 nitrogen and oxygen atoms in total. The summed E-state index contributed by atoms with van der Waals surface area (Å²) in [5, 5.41) is 10.4. The largest absolute Gasteiger partial charge is 0.478 e. The Labute approximate surface area is 112 Å². The predicted octanol–water partition coefficient (Wildman–Crippen LogP) is 3.84. The van der Waals surface area contributed by atoms with Crippen LogP contribution in [0.3, 0.4) is 0 Å². The first-order valence-electron chi connectivity index (χ1n) is 6.55. The molecule has 1 N–H and O–H groups in total. The van der Waals surface area contributed by atoms with Gasteiger partial charge in [0.05, 0.1) is 10.6 Å². The summed E-state index contributed by atoms with van der Waals surface area (Å²) >= 11 is 1.73. The number of thioether (sulfide) groups is 1. The van der Waals surface area contributed by atoms with Crippen LogP contribution in [0.2, 0.25) is 0 Å². The second-order valence-corrected chi connectivity index (χ2v) is 6.18. The number of aromatic carboxylic acids is 1. The molecule has 98 valence electrons. The maximum atomic E-state index is 10.9. The third-order valence-corrected chi connectivity index (χ3v) is 4.91. The number of pyridine rings is 1. The molecule has 0 aliphatic heterocycles. The zero-order chi connectivity index (χ0) is 13.0. The van der Waals surface area contributed by atoms with Gasteiger partial charge in [-0.05, 0) is 43.7 Å². The lowest BCUT2D eigenvalue weighted by molar-refractivity contribution is 0.0696. The minimum absolute atomic E-state index is 0.328. The van der Waals surface area contributed by atoms with Crippen molar-refractivity contribution in [3.63, 3.8) is 0 Å². The van der Waals surface area contributed by atoms with Gasteiger partial charge in [-0.25, -0.2) is 9.78 Å². The van der Waals surface area contributed by atoms with Crippen molar-refractivity contribution in [3.8, 4) is 0 Å². The molecule has 0 radical (unpaired) electrons. The minimum Gasteiger partial charge on any atom is -0.478 e. The molecule has 4 heteroatoms. The molecule has 1 fully saturated rings. The molecule has 0 spiro atoms. The third-order valence-electron chi connectivity index (χ3n) is 3.64. The van der Waals surface area contributed by atoms with E-state index in [1.807, 2.05) is 0 Å². The van der Waals surface area contributed by atoms with E-state index in [2.05, 4.69) is 11.9 Å². The van der Waals surface area contributed by atoms with Crippen LogP contribution in [0, 0.1) is 5.92 Å². The highest BCUT2D eigenvalue weighted by Crippen LogP contribution is 2.36. The number of carboxylic acids is 1. The number of nitrogens with zero attached hydrogens (tertiary/aromatic N) is 1. The Morgan fingerprint density at radius 2 is 2.17 bits per heavy atom. The van der Waals surface area contributed by atoms with Gasteiger partial charge in [0, 0.05) is 11.4 Å². The topological polar surface area (TPSA) is 50.2 Å². The van der Waals surface area contributed by atoms with Crippen LogP contribution in [0.15, 0.2) is 23.4 Å². The number of carbonyl (C=O) groups is 1. The van der Waals surface area contributed by atoms with Gasteiger partial charge in [-0.1, -0.05) is 13.3 Å². The summed E-state index contributed by atoms with van der Waals surface area (Å²) in [6, 6.07) is 3.22. The maximum Gasteiger partial charge on any atom is 0.335 e. The van der Waals surface area contributed by atoms with Gasteiger partial charge in [0.2, 0.25) is 0 Å². The van der Waals surface area contributed by atoms with Crippen molar-refractivity contribution in [2.75, 3.05) is 0 Å². The van der Waals surface area contributed by atoms with E-state index < -0.39 is 5.97 Å². The van der Waals surface area contributed by atoms with Crippen molar-refractivity contribution >= 4 is 17.7 Å². The van der Waals surface area contributed by atoms with Gasteiger partial charge in [-0.15, -0.1) is 11.8 Å². The van der Waals surface area contributed by atoms with Crippen LogP contribution in [0.25, 0.3) is 0 Å². The second kappa shape index (κ2) is 6.23. The third kappa shape index (κ3) is 3.48.